The molecule has 1 unspecified atom stereocenters. The van der Waals surface area contributed by atoms with Gasteiger partial charge in [-0.05, 0) is 17.0 Å². The summed E-state index contributed by atoms with van der Waals surface area (Å²) in [5.41, 5.74) is 0.954. The van der Waals surface area contributed by atoms with Crippen molar-refractivity contribution in [1.82, 2.24) is 10.6 Å². The molecular formula is C18H24N2O2S. The van der Waals surface area contributed by atoms with Gasteiger partial charge in [0, 0.05) is 29.8 Å². The second-order valence-electron chi connectivity index (χ2n) is 6.27. The Kier molecular flexibility index (Phi) is 6.19. The first-order chi connectivity index (χ1) is 11.0. The summed E-state index contributed by atoms with van der Waals surface area (Å²) in [5, 5.41) is 17.6. The topological polar surface area (TPSA) is 61.4 Å². The zero-order chi connectivity index (χ0) is 16.7. The molecule has 0 aliphatic carbocycles. The van der Waals surface area contributed by atoms with Crippen LogP contribution in [0.25, 0.3) is 0 Å². The number of aliphatic hydroxyl groups excluding tert-OH is 1. The van der Waals surface area contributed by atoms with Gasteiger partial charge in [-0.15, -0.1) is 11.3 Å². The molecule has 0 saturated heterocycles. The van der Waals surface area contributed by atoms with Crippen LogP contribution in [0.1, 0.15) is 24.3 Å². The van der Waals surface area contributed by atoms with Crippen molar-refractivity contribution < 1.29 is 9.90 Å². The second kappa shape index (κ2) is 8.13. The summed E-state index contributed by atoms with van der Waals surface area (Å²) < 4.78 is 0. The lowest BCUT2D eigenvalue weighted by atomic mass is 9.91. The number of hydrogen-bond acceptors (Lipinski definition) is 3. The van der Waals surface area contributed by atoms with E-state index >= 15 is 0 Å². The van der Waals surface area contributed by atoms with Crippen molar-refractivity contribution in [3.05, 3.63) is 58.3 Å². The predicted octanol–water partition coefficient (Wildman–Crippen LogP) is 2.93. The van der Waals surface area contributed by atoms with Crippen molar-refractivity contribution in [2.45, 2.75) is 31.8 Å². The maximum atomic E-state index is 11.9. The molecule has 124 valence electrons. The van der Waals surface area contributed by atoms with Crippen molar-refractivity contribution in [2.75, 3.05) is 13.1 Å². The molecule has 5 heteroatoms. The summed E-state index contributed by atoms with van der Waals surface area (Å²) in [4.78, 5) is 13.1. The average Bonchev–Trinajstić information content (AvgIpc) is 3.07. The smallest absolute Gasteiger partial charge is 0.314 e. The highest BCUT2D eigenvalue weighted by molar-refractivity contribution is 7.10. The number of urea groups is 1. The third-order valence-electron chi connectivity index (χ3n) is 3.69. The number of benzene rings is 1. The van der Waals surface area contributed by atoms with Crippen molar-refractivity contribution in [3.8, 4) is 0 Å². The summed E-state index contributed by atoms with van der Waals surface area (Å²) in [6.45, 7) is 4.99. The number of aliphatic hydroxyl groups is 1. The van der Waals surface area contributed by atoms with Gasteiger partial charge in [0.15, 0.2) is 0 Å². The first-order valence-corrected chi connectivity index (χ1v) is 8.63. The molecule has 1 aromatic heterocycles. The SMILES string of the molecule is CC(C)(CNC(=O)NCC(O)Cc1ccccc1)c1cccs1. The number of nitrogens with one attached hydrogen (secondary N) is 2. The van der Waals surface area contributed by atoms with E-state index in [1.165, 1.54) is 4.88 Å². The molecule has 4 nitrogen and oxygen atoms in total. The van der Waals surface area contributed by atoms with Crippen molar-refractivity contribution in [2.24, 2.45) is 0 Å². The Labute approximate surface area is 141 Å². The third kappa shape index (κ3) is 5.69. The number of rotatable bonds is 7. The Morgan fingerprint density at radius 2 is 1.91 bits per heavy atom. The lowest BCUT2D eigenvalue weighted by molar-refractivity contribution is 0.170. The Bertz CT molecular complexity index is 597. The van der Waals surface area contributed by atoms with Crippen LogP contribution in [0.5, 0.6) is 0 Å². The number of thiophene rings is 1. The minimum Gasteiger partial charge on any atom is -0.391 e. The number of amides is 2. The van der Waals surface area contributed by atoms with Gasteiger partial charge < -0.3 is 15.7 Å². The van der Waals surface area contributed by atoms with E-state index in [0.29, 0.717) is 13.0 Å². The van der Waals surface area contributed by atoms with Gasteiger partial charge in [0.1, 0.15) is 0 Å². The summed E-state index contributed by atoms with van der Waals surface area (Å²) in [6, 6.07) is 13.6. The fourth-order valence-electron chi connectivity index (χ4n) is 2.28. The van der Waals surface area contributed by atoms with Crippen LogP contribution in [0.3, 0.4) is 0 Å². The van der Waals surface area contributed by atoms with Gasteiger partial charge in [-0.1, -0.05) is 50.2 Å². The highest BCUT2D eigenvalue weighted by Crippen LogP contribution is 2.26. The zero-order valence-corrected chi connectivity index (χ0v) is 14.4. The monoisotopic (exact) mass is 332 g/mol. The lowest BCUT2D eigenvalue weighted by Crippen LogP contribution is -2.44. The molecule has 2 amide bonds. The molecule has 0 aliphatic rings. The number of carbonyl (C=O) groups excluding carboxylic acids is 1. The summed E-state index contributed by atoms with van der Waals surface area (Å²) in [7, 11) is 0. The quantitative estimate of drug-likeness (QED) is 0.730. The summed E-state index contributed by atoms with van der Waals surface area (Å²) >= 11 is 1.69. The molecule has 1 aromatic carbocycles. The van der Waals surface area contributed by atoms with Gasteiger partial charge in [0.2, 0.25) is 0 Å². The predicted molar refractivity (Wildman–Crippen MR) is 94.9 cm³/mol. The van der Waals surface area contributed by atoms with Crippen molar-refractivity contribution in [3.63, 3.8) is 0 Å². The standard InChI is InChI=1S/C18H24N2O2S/c1-18(2,16-9-6-10-23-16)13-20-17(22)19-12-15(21)11-14-7-4-3-5-8-14/h3-10,15,21H,11-13H2,1-2H3,(H2,19,20,22). The first kappa shape index (κ1) is 17.5. The molecule has 2 aromatic rings. The molecule has 0 spiro atoms. The number of hydrogen-bond donors (Lipinski definition) is 3. The molecule has 3 N–H and O–H groups in total. The van der Waals surface area contributed by atoms with E-state index in [-0.39, 0.29) is 18.0 Å². The summed E-state index contributed by atoms with van der Waals surface area (Å²) in [6.07, 6.45) is -0.0598. The second-order valence-corrected chi connectivity index (χ2v) is 7.22. The van der Waals surface area contributed by atoms with Crippen LogP contribution in [0.4, 0.5) is 4.79 Å². The van der Waals surface area contributed by atoms with Crippen LogP contribution in [-0.2, 0) is 11.8 Å². The van der Waals surface area contributed by atoms with Gasteiger partial charge in [-0.25, -0.2) is 4.79 Å². The molecule has 0 radical (unpaired) electrons. The summed E-state index contributed by atoms with van der Waals surface area (Å²) in [5.74, 6) is 0. The van der Waals surface area contributed by atoms with Crippen LogP contribution in [-0.4, -0.2) is 30.3 Å². The van der Waals surface area contributed by atoms with Crippen LogP contribution in [0.2, 0.25) is 0 Å². The van der Waals surface area contributed by atoms with Gasteiger partial charge in [-0.2, -0.15) is 0 Å². The van der Waals surface area contributed by atoms with E-state index in [0.717, 1.165) is 5.56 Å². The molecule has 23 heavy (non-hydrogen) atoms. The van der Waals surface area contributed by atoms with Gasteiger partial charge in [0.25, 0.3) is 0 Å². The fraction of sp³-hybridized carbons (Fsp3) is 0.389. The van der Waals surface area contributed by atoms with Crippen LogP contribution >= 0.6 is 11.3 Å². The highest BCUT2D eigenvalue weighted by Gasteiger charge is 2.22. The van der Waals surface area contributed by atoms with E-state index in [2.05, 4.69) is 30.5 Å². The van der Waals surface area contributed by atoms with Gasteiger partial charge in [-0.3, -0.25) is 0 Å². The molecule has 0 saturated carbocycles. The molecule has 0 aliphatic heterocycles. The Morgan fingerprint density at radius 1 is 1.17 bits per heavy atom. The maximum absolute atomic E-state index is 11.9. The highest BCUT2D eigenvalue weighted by atomic mass is 32.1. The van der Waals surface area contributed by atoms with Crippen LogP contribution in [0, 0.1) is 0 Å². The largest absolute Gasteiger partial charge is 0.391 e. The van der Waals surface area contributed by atoms with Crippen LogP contribution < -0.4 is 10.6 Å². The van der Waals surface area contributed by atoms with Crippen LogP contribution in [0.15, 0.2) is 47.8 Å². The zero-order valence-electron chi connectivity index (χ0n) is 13.6. The third-order valence-corrected chi connectivity index (χ3v) is 4.93. The fourth-order valence-corrected chi connectivity index (χ4v) is 3.14. The molecule has 2 rings (SSSR count). The van der Waals surface area contributed by atoms with E-state index in [4.69, 9.17) is 0 Å². The molecule has 0 fully saturated rings. The maximum Gasteiger partial charge on any atom is 0.314 e. The Hall–Kier alpha value is -1.85. The average molecular weight is 332 g/mol. The minimum absolute atomic E-state index is 0.103. The normalized spacial score (nSPS) is 12.7. The van der Waals surface area contributed by atoms with E-state index in [1.807, 2.05) is 41.8 Å². The Balaban J connectivity index is 1.71. The molecular weight excluding hydrogens is 308 g/mol. The van der Waals surface area contributed by atoms with E-state index in [1.54, 1.807) is 11.3 Å². The molecule has 1 atom stereocenters. The molecule has 0 bridgehead atoms. The number of carbonyl (C=O) groups is 1. The van der Waals surface area contributed by atoms with Crippen molar-refractivity contribution >= 4 is 17.4 Å². The van der Waals surface area contributed by atoms with Crippen molar-refractivity contribution in [1.29, 1.82) is 0 Å². The Morgan fingerprint density at radius 3 is 2.57 bits per heavy atom. The lowest BCUT2D eigenvalue weighted by Gasteiger charge is -2.24. The molecule has 1 heterocycles. The van der Waals surface area contributed by atoms with Gasteiger partial charge in [0.05, 0.1) is 6.10 Å². The van der Waals surface area contributed by atoms with E-state index in [9.17, 15) is 9.90 Å². The minimum atomic E-state index is -0.589. The van der Waals surface area contributed by atoms with Gasteiger partial charge >= 0.3 is 6.03 Å². The van der Waals surface area contributed by atoms with E-state index < -0.39 is 6.10 Å². The first-order valence-electron chi connectivity index (χ1n) is 7.75.